The zero-order chi connectivity index (χ0) is 10.1. The van der Waals surface area contributed by atoms with E-state index in [1.807, 2.05) is 20.8 Å². The normalized spacial score (nSPS) is 16.7. The van der Waals surface area contributed by atoms with Gasteiger partial charge in [0, 0.05) is 12.4 Å². The summed E-state index contributed by atoms with van der Waals surface area (Å²) in [5, 5.41) is 10.2. The van der Waals surface area contributed by atoms with Crippen LogP contribution in [0.15, 0.2) is 18.6 Å². The van der Waals surface area contributed by atoms with Crippen molar-refractivity contribution in [2.24, 2.45) is 5.41 Å². The first-order valence-electron chi connectivity index (χ1n) is 4.34. The minimum atomic E-state index is -0.943. The number of hydrogen-bond acceptors (Lipinski definition) is 3. The third-order valence-corrected chi connectivity index (χ3v) is 2.52. The standard InChI is InChI=1S/C10H16N2O/c1-9(2,3)10(4,13)8-7-11-5-6-12-8/h5-7,13H,1-4H3. The average Bonchev–Trinajstić information content (AvgIpc) is 2.04. The lowest BCUT2D eigenvalue weighted by molar-refractivity contribution is -0.0509. The molecular weight excluding hydrogens is 164 g/mol. The van der Waals surface area contributed by atoms with E-state index in [2.05, 4.69) is 9.97 Å². The summed E-state index contributed by atoms with van der Waals surface area (Å²) in [6.45, 7) is 7.68. The van der Waals surface area contributed by atoms with Gasteiger partial charge in [0.25, 0.3) is 0 Å². The van der Waals surface area contributed by atoms with Gasteiger partial charge in [0.05, 0.1) is 11.9 Å². The molecule has 1 atom stereocenters. The lowest BCUT2D eigenvalue weighted by atomic mass is 9.76. The van der Waals surface area contributed by atoms with Gasteiger partial charge >= 0.3 is 0 Å². The summed E-state index contributed by atoms with van der Waals surface area (Å²) in [5.41, 5.74) is -0.577. The van der Waals surface area contributed by atoms with E-state index in [1.165, 1.54) is 0 Å². The topological polar surface area (TPSA) is 46.0 Å². The molecule has 0 aliphatic rings. The van der Waals surface area contributed by atoms with Crippen LogP contribution in [-0.2, 0) is 5.60 Å². The average molecular weight is 180 g/mol. The molecule has 3 heteroatoms. The summed E-state index contributed by atoms with van der Waals surface area (Å²) in [5.74, 6) is 0. The first-order valence-corrected chi connectivity index (χ1v) is 4.34. The Morgan fingerprint density at radius 2 is 1.77 bits per heavy atom. The molecule has 1 N–H and O–H groups in total. The number of nitrogens with zero attached hydrogens (tertiary/aromatic N) is 2. The zero-order valence-electron chi connectivity index (χ0n) is 8.57. The molecule has 1 heterocycles. The largest absolute Gasteiger partial charge is 0.383 e. The minimum absolute atomic E-state index is 0.247. The maximum atomic E-state index is 10.2. The van der Waals surface area contributed by atoms with Gasteiger partial charge in [-0.1, -0.05) is 20.8 Å². The van der Waals surface area contributed by atoms with E-state index in [4.69, 9.17) is 0 Å². The fraction of sp³-hybridized carbons (Fsp3) is 0.600. The van der Waals surface area contributed by atoms with Gasteiger partial charge in [-0.3, -0.25) is 9.97 Å². The molecule has 0 saturated carbocycles. The monoisotopic (exact) mass is 180 g/mol. The molecular formula is C10H16N2O. The number of hydrogen-bond donors (Lipinski definition) is 1. The van der Waals surface area contributed by atoms with Gasteiger partial charge in [-0.2, -0.15) is 0 Å². The highest BCUT2D eigenvalue weighted by molar-refractivity contribution is 5.10. The van der Waals surface area contributed by atoms with E-state index >= 15 is 0 Å². The van der Waals surface area contributed by atoms with Gasteiger partial charge in [0.1, 0.15) is 5.60 Å². The Hall–Kier alpha value is -0.960. The molecule has 72 valence electrons. The van der Waals surface area contributed by atoms with Crippen LogP contribution in [0, 0.1) is 5.41 Å². The predicted octanol–water partition coefficient (Wildman–Crippen LogP) is 1.73. The molecule has 1 aromatic heterocycles. The molecule has 1 unspecified atom stereocenters. The second-order valence-corrected chi connectivity index (χ2v) is 4.41. The molecule has 1 rings (SSSR count). The molecule has 1 aromatic rings. The van der Waals surface area contributed by atoms with Crippen molar-refractivity contribution in [3.8, 4) is 0 Å². The Bertz CT molecular complexity index is 275. The molecule has 0 amide bonds. The first-order chi connectivity index (χ1) is 5.86. The maximum Gasteiger partial charge on any atom is 0.110 e. The van der Waals surface area contributed by atoms with Crippen molar-refractivity contribution >= 4 is 0 Å². The molecule has 0 aromatic carbocycles. The van der Waals surface area contributed by atoms with Crippen molar-refractivity contribution in [1.82, 2.24) is 9.97 Å². The van der Waals surface area contributed by atoms with Crippen molar-refractivity contribution in [2.75, 3.05) is 0 Å². The Kier molecular flexibility index (Phi) is 2.39. The highest BCUT2D eigenvalue weighted by Crippen LogP contribution is 2.37. The second-order valence-electron chi connectivity index (χ2n) is 4.41. The number of aromatic nitrogens is 2. The van der Waals surface area contributed by atoms with Crippen LogP contribution >= 0.6 is 0 Å². The Balaban J connectivity index is 3.08. The molecule has 0 spiro atoms. The van der Waals surface area contributed by atoms with Crippen LogP contribution in [0.5, 0.6) is 0 Å². The Morgan fingerprint density at radius 3 is 2.15 bits per heavy atom. The third kappa shape index (κ3) is 1.86. The van der Waals surface area contributed by atoms with Gasteiger partial charge in [0.2, 0.25) is 0 Å². The lowest BCUT2D eigenvalue weighted by Gasteiger charge is -2.36. The molecule has 3 nitrogen and oxygen atoms in total. The van der Waals surface area contributed by atoms with Crippen LogP contribution < -0.4 is 0 Å². The highest BCUT2D eigenvalue weighted by Gasteiger charge is 2.38. The van der Waals surface area contributed by atoms with Crippen LogP contribution in [0.25, 0.3) is 0 Å². The van der Waals surface area contributed by atoms with E-state index in [1.54, 1.807) is 25.5 Å². The van der Waals surface area contributed by atoms with Crippen LogP contribution in [-0.4, -0.2) is 15.1 Å². The van der Waals surface area contributed by atoms with Gasteiger partial charge in [-0.15, -0.1) is 0 Å². The molecule has 0 aliphatic heterocycles. The third-order valence-electron chi connectivity index (χ3n) is 2.52. The van der Waals surface area contributed by atoms with Crippen molar-refractivity contribution in [1.29, 1.82) is 0 Å². The molecule has 13 heavy (non-hydrogen) atoms. The number of rotatable bonds is 1. The second kappa shape index (κ2) is 3.07. The fourth-order valence-electron chi connectivity index (χ4n) is 0.935. The molecule has 0 fully saturated rings. The highest BCUT2D eigenvalue weighted by atomic mass is 16.3. The summed E-state index contributed by atoms with van der Waals surface area (Å²) in [6.07, 6.45) is 4.79. The molecule has 0 radical (unpaired) electrons. The van der Waals surface area contributed by atoms with Crippen LogP contribution in [0.3, 0.4) is 0 Å². The Morgan fingerprint density at radius 1 is 1.15 bits per heavy atom. The van der Waals surface area contributed by atoms with E-state index in [0.29, 0.717) is 5.69 Å². The molecule has 0 aliphatic carbocycles. The molecule has 0 saturated heterocycles. The van der Waals surface area contributed by atoms with Crippen molar-refractivity contribution in [3.05, 3.63) is 24.3 Å². The van der Waals surface area contributed by atoms with Gasteiger partial charge in [-0.25, -0.2) is 0 Å². The molecule has 0 bridgehead atoms. The summed E-state index contributed by atoms with van der Waals surface area (Å²) in [4.78, 5) is 8.05. The summed E-state index contributed by atoms with van der Waals surface area (Å²) in [6, 6.07) is 0. The van der Waals surface area contributed by atoms with Crippen LogP contribution in [0.4, 0.5) is 0 Å². The minimum Gasteiger partial charge on any atom is -0.383 e. The maximum absolute atomic E-state index is 10.2. The zero-order valence-corrected chi connectivity index (χ0v) is 8.57. The van der Waals surface area contributed by atoms with Crippen LogP contribution in [0.2, 0.25) is 0 Å². The first kappa shape index (κ1) is 10.1. The summed E-state index contributed by atoms with van der Waals surface area (Å²) in [7, 11) is 0. The van der Waals surface area contributed by atoms with Crippen molar-refractivity contribution in [3.63, 3.8) is 0 Å². The Labute approximate surface area is 78.9 Å². The van der Waals surface area contributed by atoms with Gasteiger partial charge in [0.15, 0.2) is 0 Å². The SMILES string of the molecule is CC(C)(C)C(C)(O)c1cnccn1. The number of aliphatic hydroxyl groups is 1. The van der Waals surface area contributed by atoms with E-state index < -0.39 is 5.60 Å². The lowest BCUT2D eigenvalue weighted by Crippen LogP contribution is -2.37. The van der Waals surface area contributed by atoms with Gasteiger partial charge in [-0.05, 0) is 12.3 Å². The van der Waals surface area contributed by atoms with Gasteiger partial charge < -0.3 is 5.11 Å². The van der Waals surface area contributed by atoms with Crippen LogP contribution in [0.1, 0.15) is 33.4 Å². The van der Waals surface area contributed by atoms with Crippen molar-refractivity contribution < 1.29 is 5.11 Å². The fourth-order valence-corrected chi connectivity index (χ4v) is 0.935. The van der Waals surface area contributed by atoms with E-state index in [0.717, 1.165) is 0 Å². The van der Waals surface area contributed by atoms with E-state index in [9.17, 15) is 5.11 Å². The summed E-state index contributed by atoms with van der Waals surface area (Å²) >= 11 is 0. The smallest absolute Gasteiger partial charge is 0.110 e. The van der Waals surface area contributed by atoms with E-state index in [-0.39, 0.29) is 5.41 Å². The predicted molar refractivity (Wildman–Crippen MR) is 51.1 cm³/mol. The van der Waals surface area contributed by atoms with Crippen molar-refractivity contribution in [2.45, 2.75) is 33.3 Å². The quantitative estimate of drug-likeness (QED) is 0.716. The summed E-state index contributed by atoms with van der Waals surface area (Å²) < 4.78 is 0.